The number of ether oxygens (including phenoxy) is 1. The van der Waals surface area contributed by atoms with Crippen molar-refractivity contribution in [2.75, 3.05) is 31.1 Å². The Morgan fingerprint density at radius 1 is 0.946 bits per heavy atom. The molecule has 1 fully saturated rings. The van der Waals surface area contributed by atoms with Crippen molar-refractivity contribution in [3.63, 3.8) is 0 Å². The summed E-state index contributed by atoms with van der Waals surface area (Å²) in [6.45, 7) is 4.65. The second kappa shape index (κ2) is 12.1. The van der Waals surface area contributed by atoms with E-state index in [1.54, 1.807) is 19.1 Å². The molecule has 1 aliphatic heterocycles. The van der Waals surface area contributed by atoms with Crippen molar-refractivity contribution in [3.8, 4) is 17.6 Å². The Labute approximate surface area is 216 Å². The molecule has 190 valence electrons. The van der Waals surface area contributed by atoms with Gasteiger partial charge in [0, 0.05) is 37.4 Å². The predicted octanol–water partition coefficient (Wildman–Crippen LogP) is 4.95. The molecule has 1 unspecified atom stereocenters. The average molecular weight is 501 g/mol. The van der Waals surface area contributed by atoms with Crippen LogP contribution in [0.1, 0.15) is 40.7 Å². The van der Waals surface area contributed by atoms with E-state index >= 15 is 0 Å². The lowest BCUT2D eigenvalue weighted by Gasteiger charge is -2.36. The topological polar surface area (TPSA) is 70.1 Å². The first-order chi connectivity index (χ1) is 17.9. The molecule has 0 aliphatic carbocycles. The maximum Gasteiger partial charge on any atom is 0.304 e. The summed E-state index contributed by atoms with van der Waals surface area (Å²) >= 11 is 0. The second-order valence-electron chi connectivity index (χ2n) is 8.86. The molecular weight excluding hydrogens is 471 g/mol. The Bertz CT molecular complexity index is 1270. The zero-order chi connectivity index (χ0) is 26.2. The van der Waals surface area contributed by atoms with Crippen LogP contribution >= 0.6 is 0 Å². The normalized spacial score (nSPS) is 13.9. The first kappa shape index (κ1) is 25.8. The van der Waals surface area contributed by atoms with E-state index < -0.39 is 5.97 Å². The Kier molecular flexibility index (Phi) is 8.42. The van der Waals surface area contributed by atoms with Gasteiger partial charge in [-0.05, 0) is 66.6 Å². The van der Waals surface area contributed by atoms with Gasteiger partial charge in [0.25, 0.3) is 5.91 Å². The summed E-state index contributed by atoms with van der Waals surface area (Å²) in [4.78, 5) is 28.0. The standard InChI is InChI=1S/C30H29FN2O4/c1-2-3-25(20-29(34)35)23-8-14-28(15-9-23)37-21-22-4-6-24(7-5-22)30(36)33-18-16-32(17-19-33)27-12-10-26(31)11-13-27/h4-15,25H,16-21H2,1H3,(H,34,35). The fraction of sp³-hybridized carbons (Fsp3) is 0.267. The smallest absolute Gasteiger partial charge is 0.304 e. The van der Waals surface area contributed by atoms with Crippen LogP contribution in [0.25, 0.3) is 0 Å². The van der Waals surface area contributed by atoms with Crippen LogP contribution in [0.2, 0.25) is 0 Å². The van der Waals surface area contributed by atoms with E-state index in [2.05, 4.69) is 16.7 Å². The molecule has 1 saturated heterocycles. The number of benzene rings is 3. The highest BCUT2D eigenvalue weighted by Gasteiger charge is 2.22. The number of piperazine rings is 1. The largest absolute Gasteiger partial charge is 0.489 e. The van der Waals surface area contributed by atoms with Crippen LogP contribution in [-0.4, -0.2) is 48.1 Å². The number of nitrogens with zero attached hydrogens (tertiary/aromatic N) is 2. The first-order valence-corrected chi connectivity index (χ1v) is 12.2. The van der Waals surface area contributed by atoms with Crippen molar-refractivity contribution in [3.05, 3.63) is 95.3 Å². The van der Waals surface area contributed by atoms with Gasteiger partial charge in [-0.1, -0.05) is 30.2 Å². The molecular formula is C30H29FN2O4. The molecule has 0 radical (unpaired) electrons. The van der Waals surface area contributed by atoms with Crippen LogP contribution in [0.3, 0.4) is 0 Å². The van der Waals surface area contributed by atoms with Crippen LogP contribution in [0.5, 0.6) is 5.75 Å². The quantitative estimate of drug-likeness (QED) is 0.444. The Morgan fingerprint density at radius 2 is 1.59 bits per heavy atom. The molecule has 0 spiro atoms. The molecule has 1 aliphatic rings. The third-order valence-electron chi connectivity index (χ3n) is 6.34. The number of amides is 1. The molecule has 3 aromatic carbocycles. The van der Waals surface area contributed by atoms with E-state index in [0.29, 0.717) is 44.1 Å². The fourth-order valence-electron chi connectivity index (χ4n) is 4.31. The monoisotopic (exact) mass is 500 g/mol. The van der Waals surface area contributed by atoms with E-state index in [1.807, 2.05) is 53.4 Å². The lowest BCUT2D eigenvalue weighted by atomic mass is 9.96. The Hall–Kier alpha value is -4.31. The number of hydrogen-bond donors (Lipinski definition) is 1. The summed E-state index contributed by atoms with van der Waals surface area (Å²) in [6.07, 6.45) is -0.0456. The van der Waals surface area contributed by atoms with Gasteiger partial charge in [0.05, 0.1) is 12.3 Å². The molecule has 0 bridgehead atoms. The molecule has 7 heteroatoms. The minimum absolute atomic E-state index is 0.00657. The average Bonchev–Trinajstić information content (AvgIpc) is 2.92. The minimum Gasteiger partial charge on any atom is -0.489 e. The van der Waals surface area contributed by atoms with Gasteiger partial charge in [-0.2, -0.15) is 0 Å². The van der Waals surface area contributed by atoms with Gasteiger partial charge in [0.2, 0.25) is 0 Å². The predicted molar refractivity (Wildman–Crippen MR) is 140 cm³/mol. The van der Waals surface area contributed by atoms with Crippen molar-refractivity contribution in [1.82, 2.24) is 4.90 Å². The number of carboxylic acids is 1. The van der Waals surface area contributed by atoms with Gasteiger partial charge in [0.1, 0.15) is 18.2 Å². The highest BCUT2D eigenvalue weighted by molar-refractivity contribution is 5.94. The minimum atomic E-state index is -0.887. The van der Waals surface area contributed by atoms with Gasteiger partial charge in [0.15, 0.2) is 0 Å². The number of rotatable bonds is 8. The highest BCUT2D eigenvalue weighted by atomic mass is 19.1. The van der Waals surface area contributed by atoms with Gasteiger partial charge in [-0.25, -0.2) is 4.39 Å². The second-order valence-corrected chi connectivity index (χ2v) is 8.86. The molecule has 1 heterocycles. The number of carboxylic acid groups (broad SMARTS) is 1. The van der Waals surface area contributed by atoms with Gasteiger partial charge < -0.3 is 19.6 Å². The lowest BCUT2D eigenvalue weighted by Crippen LogP contribution is -2.48. The lowest BCUT2D eigenvalue weighted by molar-refractivity contribution is -0.137. The Balaban J connectivity index is 1.28. The summed E-state index contributed by atoms with van der Waals surface area (Å²) < 4.78 is 19.0. The molecule has 4 rings (SSSR count). The van der Waals surface area contributed by atoms with Crippen LogP contribution in [-0.2, 0) is 11.4 Å². The van der Waals surface area contributed by atoms with Crippen molar-refractivity contribution in [2.45, 2.75) is 25.9 Å². The maximum absolute atomic E-state index is 13.2. The van der Waals surface area contributed by atoms with Crippen LogP contribution in [0, 0.1) is 17.7 Å². The van der Waals surface area contributed by atoms with Gasteiger partial charge in [-0.3, -0.25) is 9.59 Å². The van der Waals surface area contributed by atoms with E-state index in [4.69, 9.17) is 9.84 Å². The van der Waals surface area contributed by atoms with Crippen LogP contribution < -0.4 is 9.64 Å². The van der Waals surface area contributed by atoms with Crippen molar-refractivity contribution < 1.29 is 23.8 Å². The summed E-state index contributed by atoms with van der Waals surface area (Å²) in [6, 6.07) is 21.1. The summed E-state index contributed by atoms with van der Waals surface area (Å²) in [5, 5.41) is 9.10. The van der Waals surface area contributed by atoms with E-state index in [1.165, 1.54) is 12.1 Å². The molecule has 6 nitrogen and oxygen atoms in total. The molecule has 1 amide bonds. The highest BCUT2D eigenvalue weighted by Crippen LogP contribution is 2.23. The zero-order valence-electron chi connectivity index (χ0n) is 20.7. The fourth-order valence-corrected chi connectivity index (χ4v) is 4.31. The molecule has 0 saturated carbocycles. The summed E-state index contributed by atoms with van der Waals surface area (Å²) in [7, 11) is 0. The summed E-state index contributed by atoms with van der Waals surface area (Å²) in [5.41, 5.74) is 3.36. The third kappa shape index (κ3) is 6.89. The molecule has 37 heavy (non-hydrogen) atoms. The first-order valence-electron chi connectivity index (χ1n) is 12.2. The molecule has 1 atom stereocenters. The maximum atomic E-state index is 13.2. The molecule has 3 aromatic rings. The number of hydrogen-bond acceptors (Lipinski definition) is 4. The number of carbonyl (C=O) groups excluding carboxylic acids is 1. The van der Waals surface area contributed by atoms with Crippen molar-refractivity contribution >= 4 is 17.6 Å². The number of aliphatic carboxylic acids is 1. The van der Waals surface area contributed by atoms with E-state index in [9.17, 15) is 14.0 Å². The third-order valence-corrected chi connectivity index (χ3v) is 6.34. The van der Waals surface area contributed by atoms with Crippen molar-refractivity contribution in [2.24, 2.45) is 0 Å². The summed E-state index contributed by atoms with van der Waals surface area (Å²) in [5.74, 6) is 4.90. The number of halogens is 1. The van der Waals surface area contributed by atoms with Crippen molar-refractivity contribution in [1.29, 1.82) is 0 Å². The number of carbonyl (C=O) groups is 2. The zero-order valence-corrected chi connectivity index (χ0v) is 20.7. The SMILES string of the molecule is CC#CC(CC(=O)O)c1ccc(OCc2ccc(C(=O)N3CCN(c4ccc(F)cc4)CC3)cc2)cc1. The number of anilines is 1. The van der Waals surface area contributed by atoms with Gasteiger partial charge in [-0.15, -0.1) is 5.92 Å². The molecule has 1 N–H and O–H groups in total. The molecule has 0 aromatic heterocycles. The van der Waals surface area contributed by atoms with Gasteiger partial charge >= 0.3 is 5.97 Å². The van der Waals surface area contributed by atoms with Crippen LogP contribution in [0.4, 0.5) is 10.1 Å². The Morgan fingerprint density at radius 3 is 2.19 bits per heavy atom. The van der Waals surface area contributed by atoms with Crippen LogP contribution in [0.15, 0.2) is 72.8 Å². The van der Waals surface area contributed by atoms with E-state index in [0.717, 1.165) is 16.8 Å². The van der Waals surface area contributed by atoms with E-state index in [-0.39, 0.29) is 24.1 Å².